The average molecular weight is 291 g/mol. The van der Waals surface area contributed by atoms with Crippen LogP contribution in [0.3, 0.4) is 0 Å². The van der Waals surface area contributed by atoms with Crippen LogP contribution >= 0.6 is 0 Å². The second kappa shape index (κ2) is 6.43. The van der Waals surface area contributed by atoms with E-state index in [-0.39, 0.29) is 18.4 Å². The minimum Gasteiger partial charge on any atom is -0.334 e. The second-order valence-electron chi connectivity index (χ2n) is 5.86. The molecule has 0 radical (unpaired) electrons. The van der Waals surface area contributed by atoms with E-state index in [4.69, 9.17) is 0 Å². The first-order valence-corrected chi connectivity index (χ1v) is 7.74. The first-order chi connectivity index (χ1) is 10.2. The van der Waals surface area contributed by atoms with Crippen molar-refractivity contribution >= 4 is 6.03 Å². The van der Waals surface area contributed by atoms with Crippen molar-refractivity contribution in [2.75, 3.05) is 26.2 Å². The van der Waals surface area contributed by atoms with Crippen LogP contribution in [0.2, 0.25) is 0 Å². The van der Waals surface area contributed by atoms with Gasteiger partial charge in [0.2, 0.25) is 0 Å². The number of amides is 2. The van der Waals surface area contributed by atoms with E-state index in [0.29, 0.717) is 5.56 Å². The number of nitrogens with one attached hydrogen (secondary N) is 1. The lowest BCUT2D eigenvalue weighted by Crippen LogP contribution is -2.42. The normalized spacial score (nSPS) is 20.1. The third kappa shape index (κ3) is 3.73. The largest absolute Gasteiger partial charge is 0.334 e. The van der Waals surface area contributed by atoms with Gasteiger partial charge < -0.3 is 10.2 Å². The molecule has 21 heavy (non-hydrogen) atoms. The minimum absolute atomic E-state index is 0.0871. The van der Waals surface area contributed by atoms with Crippen molar-refractivity contribution in [1.82, 2.24) is 15.1 Å². The Morgan fingerprint density at radius 3 is 2.76 bits per heavy atom. The number of carbonyl (C=O) groups is 1. The Morgan fingerprint density at radius 2 is 2.00 bits per heavy atom. The topological polar surface area (TPSA) is 35.6 Å². The van der Waals surface area contributed by atoms with Gasteiger partial charge in [0.1, 0.15) is 5.82 Å². The fourth-order valence-corrected chi connectivity index (χ4v) is 2.87. The summed E-state index contributed by atoms with van der Waals surface area (Å²) in [5.74, 6) is -0.270. The Balaban J connectivity index is 1.49. The monoisotopic (exact) mass is 291 g/mol. The molecule has 0 atom stereocenters. The summed E-state index contributed by atoms with van der Waals surface area (Å²) in [4.78, 5) is 16.5. The standard InChI is InChI=1S/C16H22FN3O/c17-15-5-2-1-4-13(15)12-18-16(21)20-9-3-8-19(10-11-20)14-6-7-14/h1-2,4-5,14H,3,6-12H2,(H,18,21). The summed E-state index contributed by atoms with van der Waals surface area (Å²) in [6.07, 6.45) is 3.63. The summed E-state index contributed by atoms with van der Waals surface area (Å²) >= 11 is 0. The van der Waals surface area contributed by atoms with Gasteiger partial charge in [-0.25, -0.2) is 9.18 Å². The molecule has 0 unspecified atom stereocenters. The van der Waals surface area contributed by atoms with E-state index in [0.717, 1.165) is 38.6 Å². The maximum atomic E-state index is 13.5. The highest BCUT2D eigenvalue weighted by atomic mass is 19.1. The Morgan fingerprint density at radius 1 is 1.19 bits per heavy atom. The van der Waals surface area contributed by atoms with Crippen LogP contribution in [0, 0.1) is 5.82 Å². The van der Waals surface area contributed by atoms with E-state index in [1.54, 1.807) is 18.2 Å². The third-order valence-electron chi connectivity index (χ3n) is 4.27. The van der Waals surface area contributed by atoms with Gasteiger partial charge in [-0.05, 0) is 25.3 Å². The number of urea groups is 1. The highest BCUT2D eigenvalue weighted by Gasteiger charge is 2.30. The van der Waals surface area contributed by atoms with Crippen molar-refractivity contribution in [3.8, 4) is 0 Å². The maximum absolute atomic E-state index is 13.5. The average Bonchev–Trinajstić information content (AvgIpc) is 3.31. The van der Waals surface area contributed by atoms with Gasteiger partial charge in [-0.1, -0.05) is 18.2 Å². The lowest BCUT2D eigenvalue weighted by molar-refractivity contribution is 0.197. The SMILES string of the molecule is O=C(NCc1ccccc1F)N1CCCN(C2CC2)CC1. The first kappa shape index (κ1) is 14.3. The summed E-state index contributed by atoms with van der Waals surface area (Å²) in [6.45, 7) is 3.83. The van der Waals surface area contributed by atoms with Gasteiger partial charge in [0.25, 0.3) is 0 Å². The van der Waals surface area contributed by atoms with E-state index >= 15 is 0 Å². The number of nitrogens with zero attached hydrogens (tertiary/aromatic N) is 2. The van der Waals surface area contributed by atoms with Crippen LogP contribution in [-0.2, 0) is 6.54 Å². The molecule has 1 N–H and O–H groups in total. The molecule has 0 aromatic heterocycles. The lowest BCUT2D eigenvalue weighted by atomic mass is 10.2. The van der Waals surface area contributed by atoms with Crippen LogP contribution in [-0.4, -0.2) is 48.1 Å². The molecular weight excluding hydrogens is 269 g/mol. The number of halogens is 1. The van der Waals surface area contributed by atoms with Crippen molar-refractivity contribution in [1.29, 1.82) is 0 Å². The van der Waals surface area contributed by atoms with Gasteiger partial charge in [0.05, 0.1) is 0 Å². The van der Waals surface area contributed by atoms with E-state index < -0.39 is 0 Å². The van der Waals surface area contributed by atoms with Crippen molar-refractivity contribution in [2.45, 2.75) is 31.8 Å². The van der Waals surface area contributed by atoms with E-state index in [1.807, 2.05) is 4.90 Å². The number of benzene rings is 1. The Hall–Kier alpha value is -1.62. The number of carbonyl (C=O) groups excluding carboxylic acids is 1. The van der Waals surface area contributed by atoms with E-state index in [2.05, 4.69) is 10.2 Å². The number of hydrogen-bond donors (Lipinski definition) is 1. The van der Waals surface area contributed by atoms with E-state index in [9.17, 15) is 9.18 Å². The fraction of sp³-hybridized carbons (Fsp3) is 0.562. The Kier molecular flexibility index (Phi) is 4.39. The molecule has 1 saturated carbocycles. The quantitative estimate of drug-likeness (QED) is 0.927. The zero-order valence-electron chi connectivity index (χ0n) is 12.2. The molecule has 3 rings (SSSR count). The molecule has 0 spiro atoms. The molecule has 1 saturated heterocycles. The lowest BCUT2D eigenvalue weighted by Gasteiger charge is -2.22. The highest BCUT2D eigenvalue weighted by molar-refractivity contribution is 5.74. The summed E-state index contributed by atoms with van der Waals surface area (Å²) in [5.41, 5.74) is 0.528. The summed E-state index contributed by atoms with van der Waals surface area (Å²) in [5, 5.41) is 2.83. The zero-order chi connectivity index (χ0) is 14.7. The van der Waals surface area contributed by atoms with Gasteiger partial charge in [0, 0.05) is 44.3 Å². The zero-order valence-corrected chi connectivity index (χ0v) is 12.2. The molecule has 5 heteroatoms. The minimum atomic E-state index is -0.270. The Labute approximate surface area is 124 Å². The van der Waals surface area contributed by atoms with Crippen molar-refractivity contribution < 1.29 is 9.18 Å². The van der Waals surface area contributed by atoms with Crippen LogP contribution in [0.15, 0.2) is 24.3 Å². The second-order valence-corrected chi connectivity index (χ2v) is 5.86. The van der Waals surface area contributed by atoms with Gasteiger partial charge in [-0.2, -0.15) is 0 Å². The summed E-state index contributed by atoms with van der Waals surface area (Å²) in [6, 6.07) is 7.22. The molecular formula is C16H22FN3O. The van der Waals surface area contributed by atoms with Gasteiger partial charge in [-0.15, -0.1) is 0 Å². The molecule has 2 fully saturated rings. The summed E-state index contributed by atoms with van der Waals surface area (Å²) < 4.78 is 13.5. The smallest absolute Gasteiger partial charge is 0.317 e. The predicted molar refractivity (Wildman–Crippen MR) is 79.4 cm³/mol. The summed E-state index contributed by atoms with van der Waals surface area (Å²) in [7, 11) is 0. The van der Waals surface area contributed by atoms with E-state index in [1.165, 1.54) is 18.9 Å². The molecule has 4 nitrogen and oxygen atoms in total. The number of hydrogen-bond acceptors (Lipinski definition) is 2. The van der Waals surface area contributed by atoms with Crippen molar-refractivity contribution in [2.24, 2.45) is 0 Å². The predicted octanol–water partition coefficient (Wildman–Crippen LogP) is 2.21. The molecule has 2 aliphatic rings. The molecule has 0 bridgehead atoms. The molecule has 1 aromatic rings. The van der Waals surface area contributed by atoms with Crippen LogP contribution in [0.5, 0.6) is 0 Å². The van der Waals surface area contributed by atoms with Crippen LogP contribution < -0.4 is 5.32 Å². The van der Waals surface area contributed by atoms with Crippen LogP contribution in [0.25, 0.3) is 0 Å². The molecule has 1 aliphatic heterocycles. The van der Waals surface area contributed by atoms with Crippen molar-refractivity contribution in [3.63, 3.8) is 0 Å². The highest BCUT2D eigenvalue weighted by Crippen LogP contribution is 2.27. The maximum Gasteiger partial charge on any atom is 0.317 e. The third-order valence-corrected chi connectivity index (χ3v) is 4.27. The van der Waals surface area contributed by atoms with Crippen molar-refractivity contribution in [3.05, 3.63) is 35.6 Å². The molecule has 1 aliphatic carbocycles. The fourth-order valence-electron chi connectivity index (χ4n) is 2.87. The molecule has 1 heterocycles. The molecule has 1 aromatic carbocycles. The van der Waals surface area contributed by atoms with Gasteiger partial charge in [0.15, 0.2) is 0 Å². The van der Waals surface area contributed by atoms with Gasteiger partial charge >= 0.3 is 6.03 Å². The molecule has 2 amide bonds. The number of rotatable bonds is 3. The van der Waals surface area contributed by atoms with Crippen LogP contribution in [0.1, 0.15) is 24.8 Å². The Bertz CT molecular complexity index is 504. The molecule has 114 valence electrons. The van der Waals surface area contributed by atoms with Gasteiger partial charge in [-0.3, -0.25) is 4.90 Å². The first-order valence-electron chi connectivity index (χ1n) is 7.74. The van der Waals surface area contributed by atoms with Crippen LogP contribution in [0.4, 0.5) is 9.18 Å².